The molecule has 0 saturated heterocycles. The van der Waals surface area contributed by atoms with Crippen LogP contribution in [0.3, 0.4) is 0 Å². The van der Waals surface area contributed by atoms with Crippen LogP contribution >= 0.6 is 0 Å². The fourth-order valence-electron chi connectivity index (χ4n) is 1.66. The molecule has 5 nitrogen and oxygen atoms in total. The molecule has 0 spiro atoms. The summed E-state index contributed by atoms with van der Waals surface area (Å²) in [5.41, 5.74) is 0. The molecule has 1 aromatic rings. The van der Waals surface area contributed by atoms with E-state index in [2.05, 4.69) is 4.98 Å². The number of carbonyl (C=O) groups excluding carboxylic acids is 1. The molecule has 0 fully saturated rings. The zero-order chi connectivity index (χ0) is 13.2. The first kappa shape index (κ1) is 12.7. The van der Waals surface area contributed by atoms with Gasteiger partial charge in [-0.05, 0) is 25.0 Å². The highest BCUT2D eigenvalue weighted by atomic mass is 32.2. The van der Waals surface area contributed by atoms with E-state index in [9.17, 15) is 17.6 Å². The van der Waals surface area contributed by atoms with Gasteiger partial charge in [-0.15, -0.1) is 0 Å². The first-order valence-corrected chi connectivity index (χ1v) is 6.81. The third kappa shape index (κ3) is 2.56. The molecule has 96 valence electrons. The topological polar surface area (TPSA) is 76.1 Å². The van der Waals surface area contributed by atoms with Crippen LogP contribution in [-0.2, 0) is 14.8 Å². The Morgan fingerprint density at radius 3 is 2.67 bits per heavy atom. The molecular formula is C11H11FN2O3S. The Hall–Kier alpha value is -1.76. The second kappa shape index (κ2) is 4.85. The first-order chi connectivity index (χ1) is 8.50. The lowest BCUT2D eigenvalue weighted by Gasteiger charge is -2.10. The third-order valence-electron chi connectivity index (χ3n) is 2.59. The van der Waals surface area contributed by atoms with Gasteiger partial charge in [0.1, 0.15) is 0 Å². The van der Waals surface area contributed by atoms with Crippen LogP contribution in [0.4, 0.5) is 4.39 Å². The zero-order valence-corrected chi connectivity index (χ0v) is 10.2. The fourth-order valence-corrected chi connectivity index (χ4v) is 2.72. The van der Waals surface area contributed by atoms with Gasteiger partial charge in [0, 0.05) is 12.1 Å². The lowest BCUT2D eigenvalue weighted by Crippen LogP contribution is -2.35. The van der Waals surface area contributed by atoms with Crippen LogP contribution in [0, 0.1) is 11.7 Å². The molecule has 0 aliphatic heterocycles. The molecule has 0 atom stereocenters. The summed E-state index contributed by atoms with van der Waals surface area (Å²) in [7, 11) is -4.24. The van der Waals surface area contributed by atoms with Crippen LogP contribution in [0.15, 0.2) is 35.5 Å². The van der Waals surface area contributed by atoms with Crippen molar-refractivity contribution in [1.82, 2.24) is 9.71 Å². The van der Waals surface area contributed by atoms with Crippen molar-refractivity contribution in [2.75, 3.05) is 0 Å². The maximum Gasteiger partial charge on any atom is 0.284 e. The van der Waals surface area contributed by atoms with E-state index in [0.29, 0.717) is 12.8 Å². The number of sulfonamides is 1. The molecule has 0 unspecified atom stereocenters. The number of halogens is 1. The van der Waals surface area contributed by atoms with Crippen molar-refractivity contribution in [3.8, 4) is 0 Å². The van der Waals surface area contributed by atoms with E-state index >= 15 is 0 Å². The molecule has 1 N–H and O–H groups in total. The monoisotopic (exact) mass is 270 g/mol. The van der Waals surface area contributed by atoms with E-state index in [0.717, 1.165) is 12.3 Å². The van der Waals surface area contributed by atoms with Gasteiger partial charge in [0.05, 0.1) is 0 Å². The summed E-state index contributed by atoms with van der Waals surface area (Å²) in [6.45, 7) is 0. The molecule has 1 heterocycles. The molecule has 0 bridgehead atoms. The number of aromatic nitrogens is 1. The summed E-state index contributed by atoms with van der Waals surface area (Å²) in [5.74, 6) is -2.03. The third-order valence-corrected chi connectivity index (χ3v) is 3.87. The van der Waals surface area contributed by atoms with Gasteiger partial charge in [-0.3, -0.25) is 4.79 Å². The highest BCUT2D eigenvalue weighted by Gasteiger charge is 2.27. The summed E-state index contributed by atoms with van der Waals surface area (Å²) < 4.78 is 38.7. The van der Waals surface area contributed by atoms with Gasteiger partial charge in [-0.25, -0.2) is 14.1 Å². The summed E-state index contributed by atoms with van der Waals surface area (Å²) in [6.07, 6.45) is 5.74. The van der Waals surface area contributed by atoms with Gasteiger partial charge >= 0.3 is 0 Å². The van der Waals surface area contributed by atoms with E-state index in [-0.39, 0.29) is 0 Å². The lowest BCUT2D eigenvalue weighted by molar-refractivity contribution is -0.122. The fraction of sp³-hybridized carbons (Fsp3) is 0.273. The number of hydrogen-bond acceptors (Lipinski definition) is 4. The summed E-state index contributed by atoms with van der Waals surface area (Å²) >= 11 is 0. The van der Waals surface area contributed by atoms with E-state index in [1.54, 1.807) is 12.2 Å². The normalized spacial score (nSPS) is 15.8. The molecular weight excluding hydrogens is 259 g/mol. The van der Waals surface area contributed by atoms with Crippen molar-refractivity contribution >= 4 is 15.9 Å². The highest BCUT2D eigenvalue weighted by Crippen LogP contribution is 2.19. The lowest BCUT2D eigenvalue weighted by atomic mass is 10.1. The van der Waals surface area contributed by atoms with Crippen LogP contribution in [0.5, 0.6) is 0 Å². The van der Waals surface area contributed by atoms with E-state index in [4.69, 9.17) is 0 Å². The van der Waals surface area contributed by atoms with Crippen molar-refractivity contribution in [1.29, 1.82) is 0 Å². The minimum Gasteiger partial charge on any atom is -0.274 e. The molecule has 0 radical (unpaired) electrons. The van der Waals surface area contributed by atoms with Crippen LogP contribution in [0.2, 0.25) is 0 Å². The maximum atomic E-state index is 13.3. The van der Waals surface area contributed by atoms with Gasteiger partial charge in [-0.1, -0.05) is 12.2 Å². The summed E-state index contributed by atoms with van der Waals surface area (Å²) in [4.78, 5) is 15.1. The van der Waals surface area contributed by atoms with E-state index in [1.165, 1.54) is 6.07 Å². The highest BCUT2D eigenvalue weighted by molar-refractivity contribution is 7.90. The molecule has 0 saturated carbocycles. The Labute approximate surface area is 104 Å². The molecule has 0 aromatic carbocycles. The number of nitrogens with zero attached hydrogens (tertiary/aromatic N) is 1. The minimum atomic E-state index is -4.24. The van der Waals surface area contributed by atoms with E-state index in [1.807, 2.05) is 4.72 Å². The molecule has 1 aliphatic rings. The Kier molecular flexibility index (Phi) is 3.42. The van der Waals surface area contributed by atoms with Crippen molar-refractivity contribution in [3.63, 3.8) is 0 Å². The number of carbonyl (C=O) groups is 1. The Balaban J connectivity index is 2.17. The average Bonchev–Trinajstić information content (AvgIpc) is 2.82. The molecule has 18 heavy (non-hydrogen) atoms. The van der Waals surface area contributed by atoms with Crippen LogP contribution < -0.4 is 4.72 Å². The van der Waals surface area contributed by atoms with Crippen molar-refractivity contribution in [2.24, 2.45) is 5.92 Å². The van der Waals surface area contributed by atoms with Gasteiger partial charge in [-0.2, -0.15) is 8.42 Å². The van der Waals surface area contributed by atoms with Crippen LogP contribution in [0.1, 0.15) is 12.8 Å². The number of rotatable bonds is 3. The van der Waals surface area contributed by atoms with Gasteiger partial charge < -0.3 is 0 Å². The van der Waals surface area contributed by atoms with Crippen molar-refractivity contribution in [2.45, 2.75) is 17.9 Å². The number of amides is 1. The SMILES string of the molecule is O=C(NS(=O)(=O)c1ncccc1F)C1CC=CC1. The van der Waals surface area contributed by atoms with Crippen LogP contribution in [0.25, 0.3) is 0 Å². The van der Waals surface area contributed by atoms with Crippen molar-refractivity contribution in [3.05, 3.63) is 36.3 Å². The molecule has 2 rings (SSSR count). The number of allylic oxidation sites excluding steroid dienone is 2. The van der Waals surface area contributed by atoms with E-state index < -0.39 is 32.7 Å². The van der Waals surface area contributed by atoms with Crippen molar-refractivity contribution < 1.29 is 17.6 Å². The largest absolute Gasteiger partial charge is 0.284 e. The predicted octanol–water partition coefficient (Wildman–Crippen LogP) is 0.992. The van der Waals surface area contributed by atoms with Gasteiger partial charge in [0.15, 0.2) is 5.82 Å². The molecule has 1 aromatic heterocycles. The van der Waals surface area contributed by atoms with Gasteiger partial charge in [0.2, 0.25) is 10.9 Å². The summed E-state index contributed by atoms with van der Waals surface area (Å²) in [6, 6.07) is 2.25. The minimum absolute atomic E-state index is 0.411. The molecule has 1 aliphatic carbocycles. The Morgan fingerprint density at radius 1 is 1.39 bits per heavy atom. The number of hydrogen-bond donors (Lipinski definition) is 1. The molecule has 7 heteroatoms. The van der Waals surface area contributed by atoms with Crippen LogP contribution in [-0.4, -0.2) is 19.3 Å². The number of pyridine rings is 1. The average molecular weight is 270 g/mol. The molecule has 1 amide bonds. The summed E-state index contributed by atoms with van der Waals surface area (Å²) in [5, 5.41) is -0.760. The van der Waals surface area contributed by atoms with Gasteiger partial charge in [0.25, 0.3) is 10.0 Å². The Morgan fingerprint density at radius 2 is 2.06 bits per heavy atom. The first-order valence-electron chi connectivity index (χ1n) is 5.33. The number of nitrogens with one attached hydrogen (secondary N) is 1. The predicted molar refractivity (Wildman–Crippen MR) is 61.4 cm³/mol. The second-order valence-electron chi connectivity index (χ2n) is 3.90. The quantitative estimate of drug-likeness (QED) is 0.831. The second-order valence-corrected chi connectivity index (χ2v) is 5.50. The Bertz CT molecular complexity index is 590. The standard InChI is InChI=1S/C11H11FN2O3S/c12-9-6-3-7-13-11(9)18(16,17)14-10(15)8-4-1-2-5-8/h1-3,6-8H,4-5H2,(H,14,15). The zero-order valence-electron chi connectivity index (χ0n) is 9.34. The smallest absolute Gasteiger partial charge is 0.274 e. The maximum absolute atomic E-state index is 13.3.